The van der Waals surface area contributed by atoms with Crippen molar-refractivity contribution < 1.29 is 4.79 Å². The zero-order chi connectivity index (χ0) is 13.8. The van der Waals surface area contributed by atoms with E-state index in [1.165, 1.54) is 12.8 Å². The Morgan fingerprint density at radius 2 is 2.05 bits per heavy atom. The van der Waals surface area contributed by atoms with Gasteiger partial charge >= 0.3 is 0 Å². The van der Waals surface area contributed by atoms with E-state index in [-0.39, 0.29) is 18.3 Å². The number of likely N-dealkylation sites (N-methyl/N-ethyl adjacent to an activating group) is 1. The highest BCUT2D eigenvalue weighted by atomic mass is 35.5. The zero-order valence-corrected chi connectivity index (χ0v) is 13.7. The van der Waals surface area contributed by atoms with Gasteiger partial charge in [-0.3, -0.25) is 4.79 Å². The van der Waals surface area contributed by atoms with Crippen LogP contribution in [0.15, 0.2) is 18.2 Å². The van der Waals surface area contributed by atoms with Gasteiger partial charge in [0.25, 0.3) is 0 Å². The van der Waals surface area contributed by atoms with Gasteiger partial charge in [0, 0.05) is 13.6 Å². The van der Waals surface area contributed by atoms with E-state index in [0.29, 0.717) is 23.1 Å². The molecule has 1 aromatic rings. The standard InChI is InChI=1S/C14H18Cl2N2O.ClH/c1-18(14(19)8-17-7-10-2-3-10)9-11-4-5-12(15)13(16)6-11;/h4-6,10,17H,2-3,7-9H2,1H3;1H. The fraction of sp³-hybridized carbons (Fsp3) is 0.500. The van der Waals surface area contributed by atoms with Crippen LogP contribution in [0.3, 0.4) is 0 Å². The van der Waals surface area contributed by atoms with Crippen molar-refractivity contribution in [2.75, 3.05) is 20.1 Å². The third kappa shape index (κ3) is 5.49. The lowest BCUT2D eigenvalue weighted by atomic mass is 10.2. The Balaban J connectivity index is 0.00000200. The lowest BCUT2D eigenvalue weighted by Crippen LogP contribution is -2.35. The van der Waals surface area contributed by atoms with Crippen molar-refractivity contribution in [2.24, 2.45) is 5.92 Å². The maximum Gasteiger partial charge on any atom is 0.236 e. The normalized spacial score (nSPS) is 13.8. The topological polar surface area (TPSA) is 32.3 Å². The number of amides is 1. The van der Waals surface area contributed by atoms with Crippen LogP contribution in [0.1, 0.15) is 18.4 Å². The van der Waals surface area contributed by atoms with Crippen LogP contribution in [0.5, 0.6) is 0 Å². The van der Waals surface area contributed by atoms with Crippen molar-refractivity contribution in [3.05, 3.63) is 33.8 Å². The first-order chi connectivity index (χ1) is 9.06. The third-order valence-corrected chi connectivity index (χ3v) is 3.97. The third-order valence-electron chi connectivity index (χ3n) is 3.24. The van der Waals surface area contributed by atoms with E-state index in [4.69, 9.17) is 23.2 Å². The van der Waals surface area contributed by atoms with E-state index in [1.54, 1.807) is 24.1 Å². The molecule has 1 N–H and O–H groups in total. The highest BCUT2D eigenvalue weighted by Crippen LogP contribution is 2.27. The average Bonchev–Trinajstić information content (AvgIpc) is 3.17. The lowest BCUT2D eigenvalue weighted by molar-refractivity contribution is -0.129. The number of carbonyl (C=O) groups is 1. The lowest BCUT2D eigenvalue weighted by Gasteiger charge is -2.18. The summed E-state index contributed by atoms with van der Waals surface area (Å²) in [4.78, 5) is 13.6. The Morgan fingerprint density at radius 3 is 2.65 bits per heavy atom. The van der Waals surface area contributed by atoms with Gasteiger partial charge in [0.2, 0.25) is 5.91 Å². The van der Waals surface area contributed by atoms with E-state index in [0.717, 1.165) is 18.0 Å². The molecule has 1 aromatic carbocycles. The summed E-state index contributed by atoms with van der Waals surface area (Å²) in [6, 6.07) is 5.43. The van der Waals surface area contributed by atoms with E-state index < -0.39 is 0 Å². The first-order valence-corrected chi connectivity index (χ1v) is 7.20. The number of nitrogens with one attached hydrogen (secondary N) is 1. The molecule has 0 spiro atoms. The molecule has 0 bridgehead atoms. The molecule has 0 aliphatic heterocycles. The van der Waals surface area contributed by atoms with Gasteiger partial charge in [-0.1, -0.05) is 29.3 Å². The molecule has 6 heteroatoms. The van der Waals surface area contributed by atoms with Crippen LogP contribution in [-0.4, -0.2) is 30.9 Å². The number of hydrogen-bond acceptors (Lipinski definition) is 2. The Labute approximate surface area is 136 Å². The molecule has 0 aromatic heterocycles. The van der Waals surface area contributed by atoms with Crippen molar-refractivity contribution >= 4 is 41.5 Å². The quantitative estimate of drug-likeness (QED) is 0.863. The summed E-state index contributed by atoms with van der Waals surface area (Å²) in [7, 11) is 1.80. The van der Waals surface area contributed by atoms with Gasteiger partial charge in [0.15, 0.2) is 0 Å². The summed E-state index contributed by atoms with van der Waals surface area (Å²) in [5.74, 6) is 0.875. The first kappa shape index (κ1) is 17.6. The van der Waals surface area contributed by atoms with Gasteiger partial charge in [0.1, 0.15) is 0 Å². The molecule has 112 valence electrons. The average molecular weight is 338 g/mol. The molecule has 1 saturated carbocycles. The molecule has 0 heterocycles. The van der Waals surface area contributed by atoms with Crippen LogP contribution in [0, 0.1) is 5.92 Å². The second-order valence-electron chi connectivity index (χ2n) is 5.07. The van der Waals surface area contributed by atoms with Crippen molar-refractivity contribution in [1.29, 1.82) is 0 Å². The molecular formula is C14H19Cl3N2O. The molecule has 1 aliphatic carbocycles. The van der Waals surface area contributed by atoms with Crippen molar-refractivity contribution in [1.82, 2.24) is 10.2 Å². The van der Waals surface area contributed by atoms with E-state index in [2.05, 4.69) is 5.32 Å². The summed E-state index contributed by atoms with van der Waals surface area (Å²) in [6.45, 7) is 1.89. The monoisotopic (exact) mass is 336 g/mol. The molecule has 0 radical (unpaired) electrons. The van der Waals surface area contributed by atoms with Crippen molar-refractivity contribution in [3.8, 4) is 0 Å². The molecule has 20 heavy (non-hydrogen) atoms. The second kappa shape index (κ2) is 8.08. The molecule has 1 amide bonds. The summed E-state index contributed by atoms with van der Waals surface area (Å²) in [5.41, 5.74) is 0.979. The molecule has 0 atom stereocenters. The highest BCUT2D eigenvalue weighted by molar-refractivity contribution is 6.42. The summed E-state index contributed by atoms with van der Waals surface area (Å²) >= 11 is 11.8. The number of hydrogen-bond donors (Lipinski definition) is 1. The maximum absolute atomic E-state index is 11.9. The van der Waals surface area contributed by atoms with Gasteiger partial charge in [-0.15, -0.1) is 12.4 Å². The minimum absolute atomic E-state index is 0. The highest BCUT2D eigenvalue weighted by Gasteiger charge is 2.21. The molecule has 0 unspecified atom stereocenters. The minimum Gasteiger partial charge on any atom is -0.340 e. The Bertz CT molecular complexity index is 464. The van der Waals surface area contributed by atoms with Crippen molar-refractivity contribution in [3.63, 3.8) is 0 Å². The minimum atomic E-state index is 0. The van der Waals surface area contributed by atoms with E-state index in [9.17, 15) is 4.79 Å². The van der Waals surface area contributed by atoms with E-state index >= 15 is 0 Å². The maximum atomic E-state index is 11.9. The second-order valence-corrected chi connectivity index (χ2v) is 5.89. The van der Waals surface area contributed by atoms with Crippen LogP contribution >= 0.6 is 35.6 Å². The van der Waals surface area contributed by atoms with Crippen LogP contribution in [-0.2, 0) is 11.3 Å². The van der Waals surface area contributed by atoms with Crippen LogP contribution < -0.4 is 5.32 Å². The first-order valence-electron chi connectivity index (χ1n) is 6.45. The fourth-order valence-corrected chi connectivity index (χ4v) is 2.16. The van der Waals surface area contributed by atoms with Gasteiger partial charge in [0.05, 0.1) is 16.6 Å². The van der Waals surface area contributed by atoms with Crippen LogP contribution in [0.2, 0.25) is 10.0 Å². The molecule has 1 aliphatic rings. The Hall–Kier alpha value is -0.480. The molecule has 1 fully saturated rings. The van der Waals surface area contributed by atoms with Gasteiger partial charge < -0.3 is 10.2 Å². The number of carbonyl (C=O) groups excluding carboxylic acids is 1. The van der Waals surface area contributed by atoms with Gasteiger partial charge in [-0.25, -0.2) is 0 Å². The smallest absolute Gasteiger partial charge is 0.236 e. The zero-order valence-electron chi connectivity index (χ0n) is 11.4. The van der Waals surface area contributed by atoms with Gasteiger partial charge in [-0.2, -0.15) is 0 Å². The predicted octanol–water partition coefficient (Wildman–Crippen LogP) is 3.37. The van der Waals surface area contributed by atoms with Crippen LogP contribution in [0.4, 0.5) is 0 Å². The molecule has 3 nitrogen and oxygen atoms in total. The molecule has 2 rings (SSSR count). The SMILES string of the molecule is CN(Cc1ccc(Cl)c(Cl)c1)C(=O)CNCC1CC1.Cl. The van der Waals surface area contributed by atoms with Crippen molar-refractivity contribution in [2.45, 2.75) is 19.4 Å². The number of nitrogens with zero attached hydrogens (tertiary/aromatic N) is 1. The predicted molar refractivity (Wildman–Crippen MR) is 85.8 cm³/mol. The van der Waals surface area contributed by atoms with E-state index in [1.807, 2.05) is 6.07 Å². The summed E-state index contributed by atoms with van der Waals surface area (Å²) in [5, 5.41) is 4.25. The number of rotatable bonds is 6. The van der Waals surface area contributed by atoms with Gasteiger partial charge in [-0.05, 0) is 43.0 Å². The molecular weight excluding hydrogens is 319 g/mol. The number of benzene rings is 1. The number of halogens is 3. The Kier molecular flexibility index (Phi) is 7.10. The molecule has 0 saturated heterocycles. The fourth-order valence-electron chi connectivity index (χ4n) is 1.84. The van der Waals surface area contributed by atoms with Crippen LogP contribution in [0.25, 0.3) is 0 Å². The summed E-state index contributed by atoms with van der Waals surface area (Å²) < 4.78 is 0. The summed E-state index contributed by atoms with van der Waals surface area (Å²) in [6.07, 6.45) is 2.58. The Morgan fingerprint density at radius 1 is 1.35 bits per heavy atom. The largest absolute Gasteiger partial charge is 0.340 e.